The van der Waals surface area contributed by atoms with E-state index >= 15 is 0 Å². The number of aliphatic hydroxyl groups is 1. The highest BCUT2D eigenvalue weighted by molar-refractivity contribution is 7.09. The van der Waals surface area contributed by atoms with Gasteiger partial charge in [-0.3, -0.25) is 0 Å². The van der Waals surface area contributed by atoms with Gasteiger partial charge in [0.05, 0.1) is 16.8 Å². The second kappa shape index (κ2) is 6.30. The number of methoxy groups -OCH3 is 1. The average Bonchev–Trinajstić information content (AvgIpc) is 2.62. The van der Waals surface area contributed by atoms with E-state index < -0.39 is 5.60 Å². The second-order valence-corrected chi connectivity index (χ2v) is 5.14. The van der Waals surface area contributed by atoms with Crippen LogP contribution >= 0.6 is 11.3 Å². The van der Waals surface area contributed by atoms with Gasteiger partial charge in [-0.05, 0) is 13.8 Å². The van der Waals surface area contributed by atoms with Crippen LogP contribution in [-0.4, -0.2) is 36.0 Å². The molecule has 1 unspecified atom stereocenters. The van der Waals surface area contributed by atoms with Crippen molar-refractivity contribution in [3.63, 3.8) is 0 Å². The lowest BCUT2D eigenvalue weighted by Crippen LogP contribution is -2.38. The number of nitrogens with zero attached hydrogens (tertiary/aromatic N) is 1. The zero-order valence-corrected chi connectivity index (χ0v) is 10.9. The van der Waals surface area contributed by atoms with E-state index in [0.717, 1.165) is 12.2 Å². The van der Waals surface area contributed by atoms with Crippen molar-refractivity contribution in [1.82, 2.24) is 10.3 Å². The van der Waals surface area contributed by atoms with Crippen molar-refractivity contribution >= 4 is 11.3 Å². The molecule has 0 radical (unpaired) electrons. The highest BCUT2D eigenvalue weighted by Gasteiger charge is 2.19. The molecule has 5 heteroatoms. The molecule has 1 atom stereocenters. The number of ether oxygens (including phenoxy) is 1. The third-order valence-corrected chi connectivity index (χ3v) is 3.42. The number of nitrogens with one attached hydrogen (secondary N) is 1. The van der Waals surface area contributed by atoms with Gasteiger partial charge in [-0.1, -0.05) is 0 Å². The maximum absolute atomic E-state index is 9.99. The number of rotatable bonds is 7. The topological polar surface area (TPSA) is 54.4 Å². The van der Waals surface area contributed by atoms with Crippen LogP contribution in [0.4, 0.5) is 0 Å². The van der Waals surface area contributed by atoms with Gasteiger partial charge in [-0.2, -0.15) is 0 Å². The van der Waals surface area contributed by atoms with Crippen LogP contribution in [0.25, 0.3) is 0 Å². The smallest absolute Gasteiger partial charge is 0.0798 e. The summed E-state index contributed by atoms with van der Waals surface area (Å²) in [7, 11) is 1.64. The molecule has 0 saturated carbocycles. The van der Waals surface area contributed by atoms with E-state index in [9.17, 15) is 5.11 Å². The van der Waals surface area contributed by atoms with E-state index in [1.807, 2.05) is 19.4 Å². The summed E-state index contributed by atoms with van der Waals surface area (Å²) >= 11 is 1.64. The zero-order valence-electron chi connectivity index (χ0n) is 10.1. The largest absolute Gasteiger partial charge is 0.389 e. The lowest BCUT2D eigenvalue weighted by Gasteiger charge is -2.23. The number of thiazole rings is 1. The molecule has 1 heterocycles. The molecule has 0 fully saturated rings. The van der Waals surface area contributed by atoms with Gasteiger partial charge in [-0.25, -0.2) is 4.98 Å². The molecule has 2 N–H and O–H groups in total. The minimum atomic E-state index is -0.714. The van der Waals surface area contributed by atoms with Crippen molar-refractivity contribution in [3.05, 3.63) is 16.1 Å². The van der Waals surface area contributed by atoms with Crippen molar-refractivity contribution in [2.75, 3.05) is 20.3 Å². The molecule has 1 aromatic rings. The molecule has 0 spiro atoms. The summed E-state index contributed by atoms with van der Waals surface area (Å²) in [6.45, 7) is 5.72. The van der Waals surface area contributed by atoms with Gasteiger partial charge >= 0.3 is 0 Å². The Morgan fingerprint density at radius 2 is 2.38 bits per heavy atom. The van der Waals surface area contributed by atoms with Gasteiger partial charge in [0.25, 0.3) is 0 Å². The van der Waals surface area contributed by atoms with E-state index in [0.29, 0.717) is 19.6 Å². The summed E-state index contributed by atoms with van der Waals surface area (Å²) in [5.74, 6) is 0. The number of aryl methyl sites for hydroxylation is 1. The average molecular weight is 244 g/mol. The van der Waals surface area contributed by atoms with Crippen LogP contribution in [0.1, 0.15) is 23.9 Å². The Kier molecular flexibility index (Phi) is 5.34. The van der Waals surface area contributed by atoms with E-state index in [1.165, 1.54) is 4.88 Å². The third-order valence-electron chi connectivity index (χ3n) is 2.48. The number of hydrogen-bond acceptors (Lipinski definition) is 5. The SMILES string of the molecule is COCCC(C)(O)CNCc1scnc1C. The van der Waals surface area contributed by atoms with Crippen molar-refractivity contribution in [3.8, 4) is 0 Å². The van der Waals surface area contributed by atoms with Crippen LogP contribution in [0.15, 0.2) is 5.51 Å². The third kappa shape index (κ3) is 4.57. The fourth-order valence-corrected chi connectivity index (χ4v) is 2.10. The summed E-state index contributed by atoms with van der Waals surface area (Å²) in [6, 6.07) is 0. The van der Waals surface area contributed by atoms with Crippen LogP contribution in [0.2, 0.25) is 0 Å². The first-order chi connectivity index (χ1) is 7.55. The van der Waals surface area contributed by atoms with E-state index in [4.69, 9.17) is 4.74 Å². The van der Waals surface area contributed by atoms with Crippen LogP contribution in [0, 0.1) is 6.92 Å². The van der Waals surface area contributed by atoms with E-state index in [2.05, 4.69) is 10.3 Å². The summed E-state index contributed by atoms with van der Waals surface area (Å²) in [5, 5.41) is 13.2. The molecule has 92 valence electrons. The van der Waals surface area contributed by atoms with Crippen LogP contribution in [0.5, 0.6) is 0 Å². The Morgan fingerprint density at radius 3 is 2.94 bits per heavy atom. The molecular weight excluding hydrogens is 224 g/mol. The molecule has 0 bridgehead atoms. The van der Waals surface area contributed by atoms with Gasteiger partial charge in [0.1, 0.15) is 0 Å². The first kappa shape index (κ1) is 13.6. The minimum absolute atomic E-state index is 0.563. The normalized spacial score (nSPS) is 15.0. The van der Waals surface area contributed by atoms with Gasteiger partial charge in [0.2, 0.25) is 0 Å². The maximum Gasteiger partial charge on any atom is 0.0798 e. The standard InChI is InChI=1S/C11H20N2O2S/c1-9-10(16-8-13-9)6-12-7-11(2,14)4-5-15-3/h8,12,14H,4-7H2,1-3H3. The van der Waals surface area contributed by atoms with Crippen LogP contribution in [0.3, 0.4) is 0 Å². The minimum Gasteiger partial charge on any atom is -0.389 e. The van der Waals surface area contributed by atoms with Crippen molar-refractivity contribution in [2.45, 2.75) is 32.4 Å². The molecule has 1 rings (SSSR count). The summed E-state index contributed by atoms with van der Waals surface area (Å²) in [4.78, 5) is 5.40. The van der Waals surface area contributed by atoms with Crippen molar-refractivity contribution in [1.29, 1.82) is 0 Å². The number of aromatic nitrogens is 1. The molecule has 0 aliphatic carbocycles. The first-order valence-electron chi connectivity index (χ1n) is 5.36. The maximum atomic E-state index is 9.99. The summed E-state index contributed by atoms with van der Waals surface area (Å²) in [5.41, 5.74) is 2.19. The molecule has 1 aromatic heterocycles. The lowest BCUT2D eigenvalue weighted by atomic mass is 10.0. The van der Waals surface area contributed by atoms with Gasteiger partial charge in [-0.15, -0.1) is 11.3 Å². The highest BCUT2D eigenvalue weighted by Crippen LogP contribution is 2.12. The fourth-order valence-electron chi connectivity index (χ4n) is 1.35. The Morgan fingerprint density at radius 1 is 1.62 bits per heavy atom. The Hall–Kier alpha value is -0.490. The molecule has 16 heavy (non-hydrogen) atoms. The lowest BCUT2D eigenvalue weighted by molar-refractivity contribution is 0.0248. The fraction of sp³-hybridized carbons (Fsp3) is 0.727. The van der Waals surface area contributed by atoms with Crippen LogP contribution < -0.4 is 5.32 Å². The number of hydrogen-bond donors (Lipinski definition) is 2. The monoisotopic (exact) mass is 244 g/mol. The van der Waals surface area contributed by atoms with Gasteiger partial charge in [0, 0.05) is 38.1 Å². The Balaban J connectivity index is 2.27. The molecule has 4 nitrogen and oxygen atoms in total. The van der Waals surface area contributed by atoms with Gasteiger partial charge < -0.3 is 15.2 Å². The second-order valence-electron chi connectivity index (χ2n) is 4.20. The molecule has 0 saturated heterocycles. The predicted octanol–water partition coefficient (Wildman–Crippen LogP) is 1.33. The summed E-state index contributed by atoms with van der Waals surface area (Å²) < 4.78 is 4.95. The van der Waals surface area contributed by atoms with Crippen molar-refractivity contribution in [2.24, 2.45) is 0 Å². The van der Waals surface area contributed by atoms with Crippen LogP contribution in [-0.2, 0) is 11.3 Å². The Labute approximate surface area is 101 Å². The molecule has 0 aliphatic heterocycles. The predicted molar refractivity (Wildman–Crippen MR) is 65.7 cm³/mol. The van der Waals surface area contributed by atoms with E-state index in [-0.39, 0.29) is 0 Å². The molecule has 0 amide bonds. The summed E-state index contributed by atoms with van der Waals surface area (Å²) in [6.07, 6.45) is 0.637. The molecule has 0 aromatic carbocycles. The zero-order chi connectivity index (χ0) is 12.0. The first-order valence-corrected chi connectivity index (χ1v) is 6.24. The van der Waals surface area contributed by atoms with Gasteiger partial charge in [0.15, 0.2) is 0 Å². The Bertz CT molecular complexity index is 313. The highest BCUT2D eigenvalue weighted by atomic mass is 32.1. The van der Waals surface area contributed by atoms with Crippen molar-refractivity contribution < 1.29 is 9.84 Å². The van der Waals surface area contributed by atoms with E-state index in [1.54, 1.807) is 18.4 Å². The quantitative estimate of drug-likeness (QED) is 0.760. The molecular formula is C11H20N2O2S. The molecule has 0 aliphatic rings.